The molecule has 1 unspecified atom stereocenters. The van der Waals surface area contributed by atoms with E-state index in [0.717, 1.165) is 22.2 Å². The predicted octanol–water partition coefficient (Wildman–Crippen LogP) is 4.50. The van der Waals surface area contributed by atoms with Crippen LogP contribution in [-0.4, -0.2) is 33.8 Å². The lowest BCUT2D eigenvalue weighted by Gasteiger charge is -2.15. The van der Waals surface area contributed by atoms with Crippen LogP contribution in [0.5, 0.6) is 0 Å². The Morgan fingerprint density at radius 3 is 2.44 bits per heavy atom. The van der Waals surface area contributed by atoms with Crippen molar-refractivity contribution in [3.8, 4) is 16.8 Å². The molecule has 0 saturated carbocycles. The van der Waals surface area contributed by atoms with Gasteiger partial charge in [-0.25, -0.2) is 14.2 Å². The highest BCUT2D eigenvalue weighted by molar-refractivity contribution is 8.00. The number of hydrogen-bond acceptors (Lipinski definition) is 6. The Hall–Kier alpha value is -3.50. The van der Waals surface area contributed by atoms with Gasteiger partial charge in [-0.05, 0) is 43.7 Å². The summed E-state index contributed by atoms with van der Waals surface area (Å²) in [4.78, 5) is 44.0. The van der Waals surface area contributed by atoms with Gasteiger partial charge in [0.2, 0.25) is 5.91 Å². The normalized spacial score (nSPS) is 11.9. The minimum absolute atomic E-state index is 0.290. The maximum atomic E-state index is 13.9. The molecule has 34 heavy (non-hydrogen) atoms. The second kappa shape index (κ2) is 9.78. The number of amides is 3. The zero-order valence-corrected chi connectivity index (χ0v) is 20.2. The van der Waals surface area contributed by atoms with Crippen molar-refractivity contribution < 1.29 is 14.0 Å². The van der Waals surface area contributed by atoms with E-state index in [-0.39, 0.29) is 11.4 Å². The molecule has 174 valence electrons. The van der Waals surface area contributed by atoms with Gasteiger partial charge in [0, 0.05) is 17.5 Å². The van der Waals surface area contributed by atoms with Gasteiger partial charge in [-0.1, -0.05) is 42.1 Å². The van der Waals surface area contributed by atoms with Crippen LogP contribution in [0, 0.1) is 12.7 Å². The summed E-state index contributed by atoms with van der Waals surface area (Å²) in [7, 11) is 1.42. The summed E-state index contributed by atoms with van der Waals surface area (Å²) in [5.74, 6) is -0.865. The second-order valence-electron chi connectivity index (χ2n) is 7.42. The fourth-order valence-corrected chi connectivity index (χ4v) is 5.49. The summed E-state index contributed by atoms with van der Waals surface area (Å²) in [6.45, 7) is 3.53. The van der Waals surface area contributed by atoms with E-state index in [1.54, 1.807) is 31.2 Å². The van der Waals surface area contributed by atoms with Crippen LogP contribution in [-0.2, 0) is 4.79 Å². The van der Waals surface area contributed by atoms with Crippen molar-refractivity contribution in [1.82, 2.24) is 20.2 Å². The quantitative estimate of drug-likeness (QED) is 0.314. The molecular formula is C24H21FN4O3S2. The average Bonchev–Trinajstić information content (AvgIpc) is 3.16. The van der Waals surface area contributed by atoms with Gasteiger partial charge in [0.05, 0.1) is 16.3 Å². The number of carbonyl (C=O) groups excluding carboxylic acids is 2. The standard InChI is InChI=1S/C24H21FN4O3S2/c1-13-18(15-9-11-16(25)12-10-15)19-21(33-13)28-24(34-14(2)20(30)27-23(32)26-3)29(22(19)31)17-7-5-4-6-8-17/h4-12,14H,1-3H3,(H2,26,27,30,32). The first-order valence-corrected chi connectivity index (χ1v) is 12.1. The number of thioether (sulfide) groups is 1. The third kappa shape index (κ3) is 4.59. The molecule has 0 radical (unpaired) electrons. The smallest absolute Gasteiger partial charge is 0.321 e. The van der Waals surface area contributed by atoms with Crippen LogP contribution in [0.1, 0.15) is 11.8 Å². The van der Waals surface area contributed by atoms with Crippen molar-refractivity contribution in [1.29, 1.82) is 0 Å². The van der Waals surface area contributed by atoms with Crippen molar-refractivity contribution in [3.05, 3.63) is 75.6 Å². The van der Waals surface area contributed by atoms with Crippen molar-refractivity contribution in [2.45, 2.75) is 24.3 Å². The fourth-order valence-electron chi connectivity index (χ4n) is 3.48. The zero-order chi connectivity index (χ0) is 24.4. The molecule has 7 nitrogen and oxygen atoms in total. The number of imide groups is 1. The number of thiophene rings is 1. The molecule has 0 aliphatic heterocycles. The van der Waals surface area contributed by atoms with Crippen molar-refractivity contribution in [2.75, 3.05) is 7.05 Å². The number of para-hydroxylation sites is 1. The monoisotopic (exact) mass is 496 g/mol. The Morgan fingerprint density at radius 1 is 1.12 bits per heavy atom. The first-order chi connectivity index (χ1) is 16.3. The summed E-state index contributed by atoms with van der Waals surface area (Å²) >= 11 is 2.45. The van der Waals surface area contributed by atoms with Crippen molar-refractivity contribution in [3.63, 3.8) is 0 Å². The molecule has 10 heteroatoms. The van der Waals surface area contributed by atoms with Crippen molar-refractivity contribution in [2.24, 2.45) is 0 Å². The van der Waals surface area contributed by atoms with Gasteiger partial charge in [-0.3, -0.25) is 19.5 Å². The predicted molar refractivity (Wildman–Crippen MR) is 133 cm³/mol. The van der Waals surface area contributed by atoms with E-state index in [0.29, 0.717) is 26.6 Å². The van der Waals surface area contributed by atoms with Gasteiger partial charge < -0.3 is 5.32 Å². The van der Waals surface area contributed by atoms with Crippen LogP contribution in [0.3, 0.4) is 0 Å². The van der Waals surface area contributed by atoms with Crippen LogP contribution in [0.4, 0.5) is 9.18 Å². The Bertz CT molecular complexity index is 1430. The molecule has 4 rings (SSSR count). The number of aryl methyl sites for hydroxylation is 1. The lowest BCUT2D eigenvalue weighted by molar-refractivity contribution is -0.119. The number of benzene rings is 2. The number of fused-ring (bicyclic) bond motifs is 1. The molecule has 2 heterocycles. The van der Waals surface area contributed by atoms with Gasteiger partial charge in [0.25, 0.3) is 5.56 Å². The van der Waals surface area contributed by atoms with Gasteiger partial charge >= 0.3 is 6.03 Å². The summed E-state index contributed by atoms with van der Waals surface area (Å²) in [5.41, 5.74) is 1.74. The zero-order valence-electron chi connectivity index (χ0n) is 18.6. The Balaban J connectivity index is 1.90. The van der Waals surface area contributed by atoms with E-state index < -0.39 is 17.2 Å². The highest BCUT2D eigenvalue weighted by Crippen LogP contribution is 2.37. The summed E-state index contributed by atoms with van der Waals surface area (Å²) in [6.07, 6.45) is 0. The third-order valence-electron chi connectivity index (χ3n) is 5.13. The number of hydrogen-bond donors (Lipinski definition) is 2. The minimum Gasteiger partial charge on any atom is -0.341 e. The Kier molecular flexibility index (Phi) is 6.80. The largest absolute Gasteiger partial charge is 0.341 e. The molecule has 4 aromatic rings. The lowest BCUT2D eigenvalue weighted by Crippen LogP contribution is -2.41. The fraction of sp³-hybridized carbons (Fsp3) is 0.167. The molecule has 2 aromatic carbocycles. The molecular weight excluding hydrogens is 475 g/mol. The Labute approximate surface area is 203 Å². The summed E-state index contributed by atoms with van der Waals surface area (Å²) in [6, 6.07) is 14.4. The molecule has 0 fully saturated rings. The van der Waals surface area contributed by atoms with Gasteiger partial charge in [0.15, 0.2) is 5.16 Å². The summed E-state index contributed by atoms with van der Waals surface area (Å²) in [5, 5.41) is 4.65. The maximum Gasteiger partial charge on any atom is 0.321 e. The molecule has 2 aromatic heterocycles. The Morgan fingerprint density at radius 2 is 1.79 bits per heavy atom. The van der Waals surface area contributed by atoms with E-state index in [9.17, 15) is 18.8 Å². The number of halogens is 1. The van der Waals surface area contributed by atoms with Crippen LogP contribution < -0.4 is 16.2 Å². The van der Waals surface area contributed by atoms with Crippen LogP contribution in [0.15, 0.2) is 64.5 Å². The molecule has 0 saturated heterocycles. The number of nitrogens with zero attached hydrogens (tertiary/aromatic N) is 2. The van der Waals surface area contributed by atoms with Crippen LogP contribution >= 0.6 is 23.1 Å². The van der Waals surface area contributed by atoms with E-state index in [1.165, 1.54) is 35.1 Å². The number of nitrogens with one attached hydrogen (secondary N) is 2. The van der Waals surface area contributed by atoms with Gasteiger partial charge in [0.1, 0.15) is 10.6 Å². The topological polar surface area (TPSA) is 93.1 Å². The molecule has 2 N–H and O–H groups in total. The SMILES string of the molecule is CNC(=O)NC(=O)C(C)Sc1nc2sc(C)c(-c3ccc(F)cc3)c2c(=O)n1-c1ccccc1. The maximum absolute atomic E-state index is 13.9. The second-order valence-corrected chi connectivity index (χ2v) is 9.93. The van der Waals surface area contributed by atoms with Crippen LogP contribution in [0.25, 0.3) is 27.0 Å². The van der Waals surface area contributed by atoms with Gasteiger partial charge in [-0.15, -0.1) is 11.3 Å². The number of urea groups is 1. The van der Waals surface area contributed by atoms with E-state index in [4.69, 9.17) is 4.98 Å². The number of rotatable bonds is 5. The lowest BCUT2D eigenvalue weighted by atomic mass is 10.0. The first-order valence-electron chi connectivity index (χ1n) is 10.4. The minimum atomic E-state index is -0.700. The molecule has 0 bridgehead atoms. The average molecular weight is 497 g/mol. The highest BCUT2D eigenvalue weighted by Gasteiger charge is 2.24. The molecule has 1 atom stereocenters. The van der Waals surface area contributed by atoms with Crippen molar-refractivity contribution >= 4 is 45.3 Å². The van der Waals surface area contributed by atoms with E-state index >= 15 is 0 Å². The first kappa shape index (κ1) is 23.7. The molecule has 0 aliphatic carbocycles. The van der Waals surface area contributed by atoms with Gasteiger partial charge in [-0.2, -0.15) is 0 Å². The molecule has 0 aliphatic rings. The molecule has 3 amide bonds. The van der Waals surface area contributed by atoms with Crippen LogP contribution in [0.2, 0.25) is 0 Å². The van der Waals surface area contributed by atoms with E-state index in [1.807, 2.05) is 25.1 Å². The molecule has 0 spiro atoms. The number of aromatic nitrogens is 2. The van der Waals surface area contributed by atoms with E-state index in [2.05, 4.69) is 10.6 Å². The third-order valence-corrected chi connectivity index (χ3v) is 7.19. The highest BCUT2D eigenvalue weighted by atomic mass is 32.2. The number of carbonyl (C=O) groups is 2. The summed E-state index contributed by atoms with van der Waals surface area (Å²) < 4.78 is 15.0.